The van der Waals surface area contributed by atoms with Crippen molar-refractivity contribution in [1.29, 1.82) is 0 Å². The first kappa shape index (κ1) is 26.8. The molecule has 206 valence electrons. The fourth-order valence-corrected chi connectivity index (χ4v) is 4.99. The van der Waals surface area contributed by atoms with Crippen molar-refractivity contribution in [1.82, 2.24) is 4.98 Å². The smallest absolute Gasteiger partial charge is 0.325 e. The molecule has 1 aromatic heterocycles. The summed E-state index contributed by atoms with van der Waals surface area (Å²) in [6, 6.07) is 44.0. The molecule has 0 bridgehead atoms. The van der Waals surface area contributed by atoms with Gasteiger partial charge in [-0.05, 0) is 47.4 Å². The average Bonchev–Trinajstić information content (AvgIpc) is 3.50. The number of aromatic nitrogens is 1. The number of carbonyl (C=O) groups excluding carboxylic acids is 1. The summed E-state index contributed by atoms with van der Waals surface area (Å²) in [5.74, 6) is 0.963. The number of aryl methyl sites for hydroxylation is 1. The van der Waals surface area contributed by atoms with E-state index in [-0.39, 0.29) is 19.1 Å². The number of hydrogen-bond donors (Lipinski definition) is 1. The standard InChI is InChI=1S/C37H30N2O3/c1-26-13-11-22-32(37-39-35(28-16-7-3-8-17-28)36(42-37)29-18-9-4-10-19-29)34(26)30-20-12-21-31(23-30)38-24-33(40)41-25-27-14-5-2-6-15-27/h2-23,38H,24-25H2,1H3. The molecular weight excluding hydrogens is 520 g/mol. The quantitative estimate of drug-likeness (QED) is 0.182. The summed E-state index contributed by atoms with van der Waals surface area (Å²) in [5, 5.41) is 3.21. The van der Waals surface area contributed by atoms with Gasteiger partial charge in [0.25, 0.3) is 0 Å². The first-order chi connectivity index (χ1) is 20.7. The second-order valence-electron chi connectivity index (χ2n) is 10.0. The van der Waals surface area contributed by atoms with Crippen LogP contribution < -0.4 is 5.32 Å². The van der Waals surface area contributed by atoms with Gasteiger partial charge in [0.15, 0.2) is 5.76 Å². The molecule has 0 amide bonds. The first-order valence-electron chi connectivity index (χ1n) is 13.9. The number of nitrogens with zero attached hydrogens (tertiary/aromatic N) is 1. The van der Waals surface area contributed by atoms with Gasteiger partial charge >= 0.3 is 5.97 Å². The average molecular weight is 551 g/mol. The van der Waals surface area contributed by atoms with Crippen molar-refractivity contribution in [2.75, 3.05) is 11.9 Å². The van der Waals surface area contributed by atoms with Crippen LogP contribution >= 0.6 is 0 Å². The Balaban J connectivity index is 1.30. The molecule has 42 heavy (non-hydrogen) atoms. The number of nitrogens with one attached hydrogen (secondary N) is 1. The molecule has 6 rings (SSSR count). The van der Waals surface area contributed by atoms with Crippen LogP contribution in [0, 0.1) is 6.92 Å². The third-order valence-electron chi connectivity index (χ3n) is 7.04. The zero-order valence-electron chi connectivity index (χ0n) is 23.3. The van der Waals surface area contributed by atoms with E-state index < -0.39 is 0 Å². The van der Waals surface area contributed by atoms with E-state index in [0.29, 0.717) is 5.89 Å². The third kappa shape index (κ3) is 6.01. The highest BCUT2D eigenvalue weighted by Crippen LogP contribution is 2.40. The summed E-state index contributed by atoms with van der Waals surface area (Å²) in [4.78, 5) is 17.4. The Labute approximate surface area is 245 Å². The molecule has 0 saturated heterocycles. The molecule has 1 N–H and O–H groups in total. The Bertz CT molecular complexity index is 1740. The Kier molecular flexibility index (Phi) is 7.91. The molecule has 0 saturated carbocycles. The van der Waals surface area contributed by atoms with Crippen molar-refractivity contribution in [3.63, 3.8) is 0 Å². The Morgan fingerprint density at radius 2 is 1.38 bits per heavy atom. The van der Waals surface area contributed by atoms with E-state index in [9.17, 15) is 4.79 Å². The molecule has 0 aliphatic rings. The molecule has 0 fully saturated rings. The van der Waals surface area contributed by atoms with Crippen molar-refractivity contribution in [3.05, 3.63) is 145 Å². The van der Waals surface area contributed by atoms with E-state index in [1.165, 1.54) is 0 Å². The summed E-state index contributed by atoms with van der Waals surface area (Å²) >= 11 is 0. The molecule has 5 heteroatoms. The van der Waals surface area contributed by atoms with Crippen LogP contribution in [0.2, 0.25) is 0 Å². The SMILES string of the molecule is Cc1cccc(-c2nc(-c3ccccc3)c(-c3ccccc3)o2)c1-c1cccc(NCC(=O)OCc2ccccc2)c1. The van der Waals surface area contributed by atoms with Crippen molar-refractivity contribution in [2.45, 2.75) is 13.5 Å². The largest absolute Gasteiger partial charge is 0.460 e. The molecule has 0 aliphatic heterocycles. The van der Waals surface area contributed by atoms with Crippen molar-refractivity contribution < 1.29 is 13.9 Å². The monoisotopic (exact) mass is 550 g/mol. The minimum absolute atomic E-state index is 0.0670. The highest BCUT2D eigenvalue weighted by atomic mass is 16.5. The van der Waals surface area contributed by atoms with Crippen LogP contribution in [0.25, 0.3) is 45.2 Å². The van der Waals surface area contributed by atoms with Crippen molar-refractivity contribution in [3.8, 4) is 45.2 Å². The predicted octanol–water partition coefficient (Wildman–Crippen LogP) is 8.81. The lowest BCUT2D eigenvalue weighted by atomic mass is 9.94. The van der Waals surface area contributed by atoms with Crippen molar-refractivity contribution in [2.24, 2.45) is 0 Å². The maximum absolute atomic E-state index is 12.4. The molecule has 6 aromatic rings. The normalized spacial score (nSPS) is 10.8. The highest BCUT2D eigenvalue weighted by Gasteiger charge is 2.21. The molecule has 5 aromatic carbocycles. The molecular formula is C37H30N2O3. The lowest BCUT2D eigenvalue weighted by Gasteiger charge is -2.13. The van der Waals surface area contributed by atoms with Gasteiger partial charge in [-0.1, -0.05) is 115 Å². The minimum atomic E-state index is -0.317. The fourth-order valence-electron chi connectivity index (χ4n) is 4.99. The van der Waals surface area contributed by atoms with E-state index >= 15 is 0 Å². The zero-order chi connectivity index (χ0) is 28.7. The van der Waals surface area contributed by atoms with Gasteiger partial charge < -0.3 is 14.5 Å². The van der Waals surface area contributed by atoms with Gasteiger partial charge in [0.05, 0.1) is 0 Å². The van der Waals surface area contributed by atoms with Crippen LogP contribution in [0.5, 0.6) is 0 Å². The number of esters is 1. The molecule has 0 aliphatic carbocycles. The van der Waals surface area contributed by atoms with Crippen molar-refractivity contribution >= 4 is 11.7 Å². The molecule has 0 spiro atoms. The number of benzene rings is 5. The third-order valence-corrected chi connectivity index (χ3v) is 7.04. The van der Waals surface area contributed by atoms with E-state index in [0.717, 1.165) is 56.1 Å². The molecule has 5 nitrogen and oxygen atoms in total. The zero-order valence-corrected chi connectivity index (χ0v) is 23.3. The van der Waals surface area contributed by atoms with Gasteiger partial charge in [-0.3, -0.25) is 4.79 Å². The Morgan fingerprint density at radius 3 is 2.12 bits per heavy atom. The number of ether oxygens (including phenoxy) is 1. The summed E-state index contributed by atoms with van der Waals surface area (Å²) in [6.07, 6.45) is 0. The van der Waals surface area contributed by atoms with Gasteiger partial charge in [-0.2, -0.15) is 0 Å². The van der Waals surface area contributed by atoms with Gasteiger partial charge in [0.2, 0.25) is 5.89 Å². The lowest BCUT2D eigenvalue weighted by molar-refractivity contribution is -0.142. The maximum Gasteiger partial charge on any atom is 0.325 e. The van der Waals surface area contributed by atoms with Crippen LogP contribution in [-0.4, -0.2) is 17.5 Å². The van der Waals surface area contributed by atoms with Crippen LogP contribution in [0.15, 0.2) is 138 Å². The van der Waals surface area contributed by atoms with E-state index in [2.05, 4.69) is 24.4 Å². The number of hydrogen-bond acceptors (Lipinski definition) is 5. The van der Waals surface area contributed by atoms with Crippen LogP contribution in [0.4, 0.5) is 5.69 Å². The Morgan fingerprint density at radius 1 is 0.738 bits per heavy atom. The lowest BCUT2D eigenvalue weighted by Crippen LogP contribution is -2.16. The summed E-state index contributed by atoms with van der Waals surface area (Å²) in [7, 11) is 0. The summed E-state index contributed by atoms with van der Waals surface area (Å²) < 4.78 is 12.0. The van der Waals surface area contributed by atoms with Crippen LogP contribution in [-0.2, 0) is 16.1 Å². The van der Waals surface area contributed by atoms with E-state index in [4.69, 9.17) is 14.1 Å². The number of anilines is 1. The predicted molar refractivity (Wildman–Crippen MR) is 168 cm³/mol. The fraction of sp³-hybridized carbons (Fsp3) is 0.0811. The second kappa shape index (κ2) is 12.4. The number of oxazole rings is 1. The van der Waals surface area contributed by atoms with E-state index in [1.54, 1.807) is 0 Å². The molecule has 0 radical (unpaired) electrons. The molecule has 0 unspecified atom stereocenters. The van der Waals surface area contributed by atoms with Gasteiger partial charge in [-0.15, -0.1) is 0 Å². The van der Waals surface area contributed by atoms with Crippen LogP contribution in [0.3, 0.4) is 0 Å². The maximum atomic E-state index is 12.4. The van der Waals surface area contributed by atoms with Gasteiger partial charge in [-0.25, -0.2) is 4.98 Å². The number of carbonyl (C=O) groups is 1. The Hall–Kier alpha value is -5.42. The van der Waals surface area contributed by atoms with Crippen LogP contribution in [0.1, 0.15) is 11.1 Å². The number of rotatable bonds is 9. The van der Waals surface area contributed by atoms with Gasteiger partial charge in [0, 0.05) is 22.4 Å². The topological polar surface area (TPSA) is 64.4 Å². The molecule has 0 atom stereocenters. The molecule has 1 heterocycles. The van der Waals surface area contributed by atoms with Gasteiger partial charge in [0.1, 0.15) is 18.8 Å². The second-order valence-corrected chi connectivity index (χ2v) is 10.0. The first-order valence-corrected chi connectivity index (χ1v) is 13.9. The highest BCUT2D eigenvalue weighted by molar-refractivity contribution is 5.87. The summed E-state index contributed by atoms with van der Waals surface area (Å²) in [5.41, 5.74) is 8.54. The van der Waals surface area contributed by atoms with E-state index in [1.807, 2.05) is 121 Å². The minimum Gasteiger partial charge on any atom is -0.460 e. The summed E-state index contributed by atoms with van der Waals surface area (Å²) in [6.45, 7) is 2.40.